The van der Waals surface area contributed by atoms with E-state index in [1.54, 1.807) is 0 Å². The molecule has 1 atom stereocenters. The van der Waals surface area contributed by atoms with Crippen molar-refractivity contribution < 1.29 is 4.42 Å². The monoisotopic (exact) mass is 656 g/mol. The van der Waals surface area contributed by atoms with E-state index in [1.807, 2.05) is 29.5 Å². The van der Waals surface area contributed by atoms with Crippen molar-refractivity contribution in [1.29, 1.82) is 0 Å². The predicted octanol–water partition coefficient (Wildman–Crippen LogP) is 12.6. The number of nitrogens with zero attached hydrogens (tertiary/aromatic N) is 2. The smallest absolute Gasteiger partial charge is 0.161 e. The first-order valence-electron chi connectivity index (χ1n) is 17.0. The molecule has 0 fully saturated rings. The fourth-order valence-corrected chi connectivity index (χ4v) is 9.48. The van der Waals surface area contributed by atoms with Crippen LogP contribution in [0.25, 0.3) is 86.8 Å². The quantitative estimate of drug-likeness (QED) is 0.190. The molecular weight excluding hydrogens is 629 g/mol. The van der Waals surface area contributed by atoms with Gasteiger partial charge in [-0.1, -0.05) is 109 Å². The summed E-state index contributed by atoms with van der Waals surface area (Å²) in [6.07, 6.45) is 0. The average Bonchev–Trinajstić information content (AvgIpc) is 3.82. The fraction of sp³-hybridized carbons (Fsp3) is 0.0435. The summed E-state index contributed by atoms with van der Waals surface area (Å²) >= 11 is 1.88. The molecule has 50 heavy (non-hydrogen) atoms. The molecule has 1 aliphatic rings. The highest BCUT2D eigenvalue weighted by Crippen LogP contribution is 2.55. The van der Waals surface area contributed by atoms with E-state index >= 15 is 0 Å². The number of hydrogen-bond acceptors (Lipinski definition) is 4. The molecule has 0 amide bonds. The van der Waals surface area contributed by atoms with Crippen LogP contribution in [0.1, 0.15) is 23.6 Å². The zero-order valence-electron chi connectivity index (χ0n) is 27.1. The van der Waals surface area contributed by atoms with Gasteiger partial charge in [0, 0.05) is 52.9 Å². The Balaban J connectivity index is 1.17. The lowest BCUT2D eigenvalue weighted by molar-refractivity contribution is 0.667. The summed E-state index contributed by atoms with van der Waals surface area (Å²) in [7, 11) is 0. The first-order valence-corrected chi connectivity index (χ1v) is 17.8. The van der Waals surface area contributed by atoms with Crippen molar-refractivity contribution in [3.8, 4) is 33.8 Å². The van der Waals surface area contributed by atoms with Gasteiger partial charge in [0.25, 0.3) is 0 Å². The second kappa shape index (κ2) is 10.2. The number of benzene rings is 7. The van der Waals surface area contributed by atoms with Crippen molar-refractivity contribution in [3.05, 3.63) is 168 Å². The number of rotatable bonds is 3. The zero-order valence-corrected chi connectivity index (χ0v) is 28.0. The zero-order chi connectivity index (χ0) is 33.0. The molecule has 0 bridgehead atoms. The number of aromatic nitrogens is 2. The van der Waals surface area contributed by atoms with E-state index in [4.69, 9.17) is 14.4 Å². The lowest BCUT2D eigenvalue weighted by Gasteiger charge is -2.28. The summed E-state index contributed by atoms with van der Waals surface area (Å²) < 4.78 is 9.20. The molecule has 0 aliphatic heterocycles. The highest BCUT2D eigenvalue weighted by molar-refractivity contribution is 7.25. The molecule has 1 unspecified atom stereocenters. The summed E-state index contributed by atoms with van der Waals surface area (Å²) in [5.41, 5.74) is 11.7. The van der Waals surface area contributed by atoms with Crippen molar-refractivity contribution in [3.63, 3.8) is 0 Å². The van der Waals surface area contributed by atoms with Gasteiger partial charge in [-0.25, -0.2) is 9.97 Å². The van der Waals surface area contributed by atoms with Crippen LogP contribution in [0.2, 0.25) is 0 Å². The lowest BCUT2D eigenvalue weighted by Crippen LogP contribution is -2.22. The molecule has 0 spiro atoms. The molecule has 11 rings (SSSR count). The fourth-order valence-electron chi connectivity index (χ4n) is 8.36. The normalized spacial score (nSPS) is 15.4. The van der Waals surface area contributed by atoms with Crippen molar-refractivity contribution in [1.82, 2.24) is 9.97 Å². The SMILES string of the molecule is CC1(c2ccc3oc4cccc(-c5nc(-c6ccccc6)c6ccccc6n5)c4c3c2)c2ccccc2-c2cc3sc4ccccc4c3cc21. The number of furan rings is 1. The van der Waals surface area contributed by atoms with Gasteiger partial charge in [0.05, 0.1) is 11.2 Å². The third kappa shape index (κ3) is 3.80. The average molecular weight is 657 g/mol. The van der Waals surface area contributed by atoms with Crippen molar-refractivity contribution in [2.45, 2.75) is 12.3 Å². The Morgan fingerprint density at radius 1 is 0.520 bits per heavy atom. The Labute approximate surface area is 292 Å². The summed E-state index contributed by atoms with van der Waals surface area (Å²) in [6, 6.07) is 54.2. The molecule has 0 radical (unpaired) electrons. The highest BCUT2D eigenvalue weighted by Gasteiger charge is 2.41. The molecule has 10 aromatic rings. The first-order chi connectivity index (χ1) is 24.6. The number of fused-ring (bicyclic) bond motifs is 10. The van der Waals surface area contributed by atoms with Gasteiger partial charge in [0.1, 0.15) is 11.2 Å². The largest absolute Gasteiger partial charge is 0.456 e. The number of para-hydroxylation sites is 1. The van der Waals surface area contributed by atoms with E-state index in [2.05, 4.69) is 140 Å². The third-order valence-electron chi connectivity index (χ3n) is 10.8. The maximum Gasteiger partial charge on any atom is 0.161 e. The Morgan fingerprint density at radius 3 is 2.22 bits per heavy atom. The molecule has 3 heterocycles. The molecule has 0 saturated carbocycles. The Morgan fingerprint density at radius 2 is 1.30 bits per heavy atom. The van der Waals surface area contributed by atoms with Crippen LogP contribution in [0.5, 0.6) is 0 Å². The maximum absolute atomic E-state index is 6.55. The van der Waals surface area contributed by atoms with Crippen LogP contribution in [-0.4, -0.2) is 9.97 Å². The molecule has 0 saturated heterocycles. The van der Waals surface area contributed by atoms with Gasteiger partial charge in [0.15, 0.2) is 5.82 Å². The van der Waals surface area contributed by atoms with Crippen molar-refractivity contribution in [2.24, 2.45) is 0 Å². The van der Waals surface area contributed by atoms with E-state index in [-0.39, 0.29) is 5.41 Å². The van der Waals surface area contributed by atoms with Gasteiger partial charge in [-0.3, -0.25) is 0 Å². The van der Waals surface area contributed by atoms with Crippen LogP contribution in [-0.2, 0) is 5.41 Å². The number of thiophene rings is 1. The topological polar surface area (TPSA) is 38.9 Å². The van der Waals surface area contributed by atoms with Gasteiger partial charge in [0.2, 0.25) is 0 Å². The van der Waals surface area contributed by atoms with Crippen molar-refractivity contribution >= 4 is 64.4 Å². The molecule has 4 heteroatoms. The molecule has 234 valence electrons. The summed E-state index contributed by atoms with van der Waals surface area (Å²) in [4.78, 5) is 10.4. The Kier molecular flexibility index (Phi) is 5.68. The second-order valence-electron chi connectivity index (χ2n) is 13.4. The minimum absolute atomic E-state index is 0.365. The van der Waals surface area contributed by atoms with E-state index < -0.39 is 0 Å². The van der Waals surface area contributed by atoms with Gasteiger partial charge < -0.3 is 4.42 Å². The van der Waals surface area contributed by atoms with Crippen LogP contribution in [0.15, 0.2) is 156 Å². The molecule has 7 aromatic carbocycles. The predicted molar refractivity (Wildman–Crippen MR) is 208 cm³/mol. The van der Waals surface area contributed by atoms with Crippen LogP contribution in [0.4, 0.5) is 0 Å². The highest BCUT2D eigenvalue weighted by atomic mass is 32.1. The standard InChI is InChI=1S/C46H28N2OS/c1-46(36-18-8-5-14-29(36)33-26-42-34(25-37(33)46)30-15-7-10-21-41(30)50-42)28-22-23-39-35(24-28)43-32(17-11-20-40(43)49-39)45-47-38-19-9-6-16-31(38)44(48-45)27-12-3-2-4-13-27/h2-26H,1H3. The summed E-state index contributed by atoms with van der Waals surface area (Å²) in [5.74, 6) is 0.691. The lowest BCUT2D eigenvalue weighted by atomic mass is 9.73. The van der Waals surface area contributed by atoms with E-state index in [1.165, 1.54) is 48.0 Å². The third-order valence-corrected chi connectivity index (χ3v) is 11.9. The van der Waals surface area contributed by atoms with Crippen LogP contribution >= 0.6 is 11.3 Å². The van der Waals surface area contributed by atoms with E-state index in [0.717, 1.165) is 49.7 Å². The van der Waals surface area contributed by atoms with Crippen LogP contribution in [0, 0.1) is 0 Å². The summed E-state index contributed by atoms with van der Waals surface area (Å²) in [6.45, 7) is 2.39. The molecule has 0 N–H and O–H groups in total. The van der Waals surface area contributed by atoms with Crippen LogP contribution < -0.4 is 0 Å². The first kappa shape index (κ1) is 27.8. The van der Waals surface area contributed by atoms with Crippen molar-refractivity contribution in [2.75, 3.05) is 0 Å². The van der Waals surface area contributed by atoms with Gasteiger partial charge in [-0.05, 0) is 77.2 Å². The molecule has 3 nitrogen and oxygen atoms in total. The second-order valence-corrected chi connectivity index (χ2v) is 14.5. The number of hydrogen-bond donors (Lipinski definition) is 0. The molecule has 3 aromatic heterocycles. The van der Waals surface area contributed by atoms with Gasteiger partial charge >= 0.3 is 0 Å². The van der Waals surface area contributed by atoms with Crippen LogP contribution in [0.3, 0.4) is 0 Å². The Hall–Kier alpha value is -6.10. The Bertz CT molecular complexity index is 3010. The summed E-state index contributed by atoms with van der Waals surface area (Å²) in [5, 5.41) is 5.78. The van der Waals surface area contributed by atoms with Gasteiger partial charge in [-0.2, -0.15) is 0 Å². The minimum atomic E-state index is -0.365. The maximum atomic E-state index is 6.55. The minimum Gasteiger partial charge on any atom is -0.456 e. The van der Waals surface area contributed by atoms with E-state index in [0.29, 0.717) is 5.82 Å². The molecular formula is C46H28N2OS. The molecule has 1 aliphatic carbocycles. The van der Waals surface area contributed by atoms with E-state index in [9.17, 15) is 0 Å². The van der Waals surface area contributed by atoms with Gasteiger partial charge in [-0.15, -0.1) is 11.3 Å².